The molecular formula is C16H22N4O. The smallest absolute Gasteiger partial charge is 0.266 e. The summed E-state index contributed by atoms with van der Waals surface area (Å²) in [6.07, 6.45) is 5.80. The van der Waals surface area contributed by atoms with Crippen molar-refractivity contribution in [3.05, 3.63) is 36.2 Å². The lowest BCUT2D eigenvalue weighted by molar-refractivity contribution is 0.379. The van der Waals surface area contributed by atoms with Gasteiger partial charge in [0, 0.05) is 31.7 Å². The first kappa shape index (κ1) is 13.9. The van der Waals surface area contributed by atoms with E-state index in [2.05, 4.69) is 32.5 Å². The molecule has 2 aromatic rings. The zero-order valence-corrected chi connectivity index (χ0v) is 12.3. The summed E-state index contributed by atoms with van der Waals surface area (Å²) in [7, 11) is 0. The van der Waals surface area contributed by atoms with Crippen LogP contribution in [0.25, 0.3) is 0 Å². The average molecular weight is 286 g/mol. The van der Waals surface area contributed by atoms with Crippen molar-refractivity contribution in [3.8, 4) is 0 Å². The van der Waals surface area contributed by atoms with Gasteiger partial charge in [-0.1, -0.05) is 31.0 Å². The quantitative estimate of drug-likeness (QED) is 0.915. The molecule has 1 N–H and O–H groups in total. The Balaban J connectivity index is 1.50. The molecule has 1 aromatic heterocycles. The second-order valence-electron chi connectivity index (χ2n) is 5.43. The van der Waals surface area contributed by atoms with E-state index in [9.17, 15) is 0 Å². The van der Waals surface area contributed by atoms with E-state index in [4.69, 9.17) is 4.52 Å². The number of aromatic nitrogens is 2. The highest BCUT2D eigenvalue weighted by Gasteiger charge is 2.15. The Bertz CT molecular complexity index is 532. The van der Waals surface area contributed by atoms with Crippen molar-refractivity contribution >= 4 is 11.6 Å². The van der Waals surface area contributed by atoms with E-state index in [0.717, 1.165) is 37.7 Å². The molecule has 1 aromatic carbocycles. The molecule has 1 saturated heterocycles. The molecule has 1 aliphatic heterocycles. The molecule has 0 aliphatic carbocycles. The molecule has 0 unspecified atom stereocenters. The van der Waals surface area contributed by atoms with Gasteiger partial charge >= 0.3 is 0 Å². The van der Waals surface area contributed by atoms with E-state index in [1.165, 1.54) is 25.7 Å². The molecule has 0 spiro atoms. The lowest BCUT2D eigenvalue weighted by Crippen LogP contribution is -2.25. The molecule has 1 aliphatic rings. The van der Waals surface area contributed by atoms with Gasteiger partial charge in [0.1, 0.15) is 0 Å². The van der Waals surface area contributed by atoms with Gasteiger partial charge in [-0.2, -0.15) is 4.98 Å². The number of rotatable bonds is 5. The van der Waals surface area contributed by atoms with Crippen LogP contribution in [-0.2, 0) is 6.42 Å². The van der Waals surface area contributed by atoms with Crippen LogP contribution in [0, 0.1) is 0 Å². The Kier molecular flexibility index (Phi) is 4.71. The minimum atomic E-state index is 0.706. The van der Waals surface area contributed by atoms with Crippen molar-refractivity contribution in [2.45, 2.75) is 32.1 Å². The molecule has 0 saturated carbocycles. The number of nitrogens with zero attached hydrogens (tertiary/aromatic N) is 3. The van der Waals surface area contributed by atoms with Crippen LogP contribution in [-0.4, -0.2) is 29.8 Å². The maximum Gasteiger partial charge on any atom is 0.266 e. The summed E-state index contributed by atoms with van der Waals surface area (Å²) >= 11 is 0. The normalized spacial score (nSPS) is 15.7. The van der Waals surface area contributed by atoms with Crippen molar-refractivity contribution < 1.29 is 4.52 Å². The van der Waals surface area contributed by atoms with Gasteiger partial charge in [-0.15, -0.1) is 0 Å². The predicted molar refractivity (Wildman–Crippen MR) is 83.6 cm³/mol. The molecule has 112 valence electrons. The first-order valence-corrected chi connectivity index (χ1v) is 7.78. The third-order valence-corrected chi connectivity index (χ3v) is 3.79. The average Bonchev–Trinajstić information content (AvgIpc) is 2.82. The van der Waals surface area contributed by atoms with Gasteiger partial charge in [-0.25, -0.2) is 0 Å². The van der Waals surface area contributed by atoms with Crippen LogP contribution < -0.4 is 10.2 Å². The number of hydrogen-bond donors (Lipinski definition) is 1. The maximum absolute atomic E-state index is 5.35. The number of hydrogen-bond acceptors (Lipinski definition) is 5. The van der Waals surface area contributed by atoms with Crippen molar-refractivity contribution in [2.75, 3.05) is 29.9 Å². The summed E-state index contributed by atoms with van der Waals surface area (Å²) in [5.74, 6) is 1.46. The lowest BCUT2D eigenvalue weighted by atomic mass is 10.2. The van der Waals surface area contributed by atoms with E-state index in [0.29, 0.717) is 5.89 Å². The molecule has 0 bridgehead atoms. The van der Waals surface area contributed by atoms with Crippen LogP contribution in [0.1, 0.15) is 31.6 Å². The Morgan fingerprint density at radius 3 is 2.57 bits per heavy atom. The zero-order chi connectivity index (χ0) is 14.3. The monoisotopic (exact) mass is 286 g/mol. The summed E-state index contributed by atoms with van der Waals surface area (Å²) in [4.78, 5) is 6.76. The summed E-state index contributed by atoms with van der Waals surface area (Å²) in [6, 6.07) is 10.2. The fraction of sp³-hybridized carbons (Fsp3) is 0.500. The zero-order valence-electron chi connectivity index (χ0n) is 12.3. The van der Waals surface area contributed by atoms with Crippen molar-refractivity contribution in [1.82, 2.24) is 10.1 Å². The van der Waals surface area contributed by atoms with Gasteiger partial charge in [-0.3, -0.25) is 0 Å². The van der Waals surface area contributed by atoms with Crippen LogP contribution in [0.3, 0.4) is 0 Å². The molecular weight excluding hydrogens is 264 g/mol. The number of para-hydroxylation sites is 1. The first-order valence-electron chi connectivity index (χ1n) is 7.78. The van der Waals surface area contributed by atoms with E-state index < -0.39 is 0 Å². The van der Waals surface area contributed by atoms with Crippen molar-refractivity contribution in [3.63, 3.8) is 0 Å². The second kappa shape index (κ2) is 7.11. The molecule has 21 heavy (non-hydrogen) atoms. The highest BCUT2D eigenvalue weighted by molar-refractivity contribution is 5.42. The van der Waals surface area contributed by atoms with Gasteiger partial charge in [0.2, 0.25) is 5.89 Å². The topological polar surface area (TPSA) is 54.2 Å². The maximum atomic E-state index is 5.35. The fourth-order valence-electron chi connectivity index (χ4n) is 2.62. The van der Waals surface area contributed by atoms with Gasteiger partial charge in [0.15, 0.2) is 0 Å². The highest BCUT2D eigenvalue weighted by Crippen LogP contribution is 2.16. The Hall–Kier alpha value is -2.04. The van der Waals surface area contributed by atoms with E-state index >= 15 is 0 Å². The van der Waals surface area contributed by atoms with Gasteiger partial charge in [0.05, 0.1) is 0 Å². The minimum Gasteiger partial charge on any atom is -0.385 e. The van der Waals surface area contributed by atoms with Crippen molar-refractivity contribution in [2.24, 2.45) is 0 Å². The fourth-order valence-corrected chi connectivity index (χ4v) is 2.62. The number of benzene rings is 1. The minimum absolute atomic E-state index is 0.706. The summed E-state index contributed by atoms with van der Waals surface area (Å²) in [6.45, 7) is 2.88. The summed E-state index contributed by atoms with van der Waals surface area (Å²) < 4.78 is 5.35. The molecule has 1 fully saturated rings. The summed E-state index contributed by atoms with van der Waals surface area (Å²) in [5, 5.41) is 7.47. The van der Waals surface area contributed by atoms with Crippen LogP contribution in [0.15, 0.2) is 34.9 Å². The second-order valence-corrected chi connectivity index (χ2v) is 5.43. The predicted octanol–water partition coefficient (Wildman–Crippen LogP) is 3.10. The molecule has 3 rings (SSSR count). The number of anilines is 2. The highest BCUT2D eigenvalue weighted by atomic mass is 16.5. The third-order valence-electron chi connectivity index (χ3n) is 3.79. The Morgan fingerprint density at radius 1 is 1.05 bits per heavy atom. The van der Waals surface area contributed by atoms with Gasteiger partial charge in [-0.05, 0) is 30.1 Å². The standard InChI is InChI=1S/C16H22N4O/c1-2-7-13-20(12-6-1)16-18-15(21-19-16)10-11-17-14-8-4-3-5-9-14/h3-5,8-9,17H,1-2,6-7,10-13H2. The molecule has 0 amide bonds. The largest absolute Gasteiger partial charge is 0.385 e. The molecule has 2 heterocycles. The van der Waals surface area contributed by atoms with E-state index in [-0.39, 0.29) is 0 Å². The first-order chi connectivity index (χ1) is 10.4. The number of nitrogens with one attached hydrogen (secondary N) is 1. The van der Waals surface area contributed by atoms with Crippen LogP contribution in [0.5, 0.6) is 0 Å². The Morgan fingerprint density at radius 2 is 1.81 bits per heavy atom. The molecule has 0 radical (unpaired) electrons. The van der Waals surface area contributed by atoms with Crippen LogP contribution in [0.4, 0.5) is 11.6 Å². The molecule has 5 nitrogen and oxygen atoms in total. The molecule has 5 heteroatoms. The summed E-state index contributed by atoms with van der Waals surface area (Å²) in [5.41, 5.74) is 1.12. The van der Waals surface area contributed by atoms with E-state index in [1.807, 2.05) is 18.2 Å². The molecule has 0 atom stereocenters. The van der Waals surface area contributed by atoms with Gasteiger partial charge < -0.3 is 14.7 Å². The SMILES string of the molecule is c1ccc(NCCc2nc(N3CCCCCC3)no2)cc1. The third kappa shape index (κ3) is 3.97. The van der Waals surface area contributed by atoms with Crippen LogP contribution in [0.2, 0.25) is 0 Å². The van der Waals surface area contributed by atoms with Gasteiger partial charge in [0.25, 0.3) is 5.95 Å². The van der Waals surface area contributed by atoms with E-state index in [1.54, 1.807) is 0 Å². The Labute approximate surface area is 125 Å². The van der Waals surface area contributed by atoms with Crippen molar-refractivity contribution in [1.29, 1.82) is 0 Å². The van der Waals surface area contributed by atoms with Crippen LogP contribution >= 0.6 is 0 Å². The lowest BCUT2D eigenvalue weighted by Gasteiger charge is -2.16.